The summed E-state index contributed by atoms with van der Waals surface area (Å²) in [5, 5.41) is 3.60. The molecule has 2 heterocycles. The van der Waals surface area contributed by atoms with Crippen molar-refractivity contribution in [1.29, 1.82) is 0 Å². The van der Waals surface area contributed by atoms with Crippen molar-refractivity contribution in [3.05, 3.63) is 58.3 Å². The average molecular weight is 360 g/mol. The van der Waals surface area contributed by atoms with E-state index in [9.17, 15) is 0 Å². The van der Waals surface area contributed by atoms with Crippen LogP contribution in [0.3, 0.4) is 0 Å². The number of halogens is 1. The van der Waals surface area contributed by atoms with Gasteiger partial charge in [-0.3, -0.25) is 9.88 Å². The van der Waals surface area contributed by atoms with Gasteiger partial charge in [0.2, 0.25) is 0 Å². The van der Waals surface area contributed by atoms with Crippen molar-refractivity contribution in [2.45, 2.75) is 32.4 Å². The maximum atomic E-state index is 4.21. The van der Waals surface area contributed by atoms with Crippen molar-refractivity contribution in [3.63, 3.8) is 0 Å². The summed E-state index contributed by atoms with van der Waals surface area (Å²) in [7, 11) is 0. The minimum Gasteiger partial charge on any atom is -0.381 e. The molecule has 22 heavy (non-hydrogen) atoms. The van der Waals surface area contributed by atoms with Crippen molar-refractivity contribution in [2.75, 3.05) is 18.4 Å². The van der Waals surface area contributed by atoms with Crippen LogP contribution in [0.4, 0.5) is 5.69 Å². The van der Waals surface area contributed by atoms with E-state index in [0.717, 1.165) is 29.8 Å². The number of aryl methyl sites for hydroxylation is 1. The molecule has 1 aliphatic heterocycles. The molecule has 0 radical (unpaired) electrons. The molecule has 0 aliphatic carbocycles. The molecule has 2 aromatic rings. The number of likely N-dealkylation sites (tertiary alicyclic amines) is 1. The van der Waals surface area contributed by atoms with Gasteiger partial charge < -0.3 is 5.32 Å². The average Bonchev–Trinajstić information content (AvgIpc) is 2.49. The lowest BCUT2D eigenvalue weighted by atomic mass is 10.0. The second kappa shape index (κ2) is 7.25. The number of hydrogen-bond acceptors (Lipinski definition) is 3. The summed E-state index contributed by atoms with van der Waals surface area (Å²) in [5.74, 6) is 0. The van der Waals surface area contributed by atoms with E-state index < -0.39 is 0 Å². The number of nitrogens with one attached hydrogen (secondary N) is 1. The highest BCUT2D eigenvalue weighted by Gasteiger charge is 2.19. The Balaban J connectivity index is 1.50. The topological polar surface area (TPSA) is 28.2 Å². The maximum absolute atomic E-state index is 4.21. The SMILES string of the molecule is Cc1cccc(CN2CCC(Nc3cncc(Br)c3)CC2)c1. The number of pyridine rings is 1. The van der Waals surface area contributed by atoms with Crippen molar-refractivity contribution in [2.24, 2.45) is 0 Å². The minimum absolute atomic E-state index is 0.546. The summed E-state index contributed by atoms with van der Waals surface area (Å²) in [5.41, 5.74) is 3.87. The second-order valence-corrected chi connectivity index (χ2v) is 6.99. The molecule has 116 valence electrons. The lowest BCUT2D eigenvalue weighted by molar-refractivity contribution is 0.211. The Labute approximate surface area is 140 Å². The molecule has 1 aromatic heterocycles. The summed E-state index contributed by atoms with van der Waals surface area (Å²) in [6.45, 7) is 5.51. The third-order valence-electron chi connectivity index (χ3n) is 4.15. The lowest BCUT2D eigenvalue weighted by Crippen LogP contribution is -2.38. The zero-order valence-corrected chi connectivity index (χ0v) is 14.5. The van der Waals surface area contributed by atoms with Crippen LogP contribution in [0, 0.1) is 6.92 Å². The molecular weight excluding hydrogens is 338 g/mol. The van der Waals surface area contributed by atoms with Crippen molar-refractivity contribution < 1.29 is 0 Å². The van der Waals surface area contributed by atoms with Gasteiger partial charge in [-0.1, -0.05) is 29.8 Å². The van der Waals surface area contributed by atoms with E-state index in [0.29, 0.717) is 6.04 Å². The predicted octanol–water partition coefficient (Wildman–Crippen LogP) is 4.23. The van der Waals surface area contributed by atoms with Crippen LogP contribution in [0.15, 0.2) is 47.2 Å². The van der Waals surface area contributed by atoms with E-state index in [1.807, 2.05) is 12.4 Å². The normalized spacial score (nSPS) is 16.6. The maximum Gasteiger partial charge on any atom is 0.0540 e. The Kier molecular flexibility index (Phi) is 5.11. The largest absolute Gasteiger partial charge is 0.381 e. The molecule has 3 rings (SSSR count). The molecule has 1 aliphatic rings. The highest BCUT2D eigenvalue weighted by atomic mass is 79.9. The van der Waals surface area contributed by atoms with E-state index in [4.69, 9.17) is 0 Å². The zero-order valence-electron chi connectivity index (χ0n) is 12.9. The van der Waals surface area contributed by atoms with E-state index >= 15 is 0 Å². The third kappa shape index (κ3) is 4.31. The van der Waals surface area contributed by atoms with Crippen molar-refractivity contribution in [1.82, 2.24) is 9.88 Å². The van der Waals surface area contributed by atoms with Gasteiger partial charge in [0.15, 0.2) is 0 Å². The summed E-state index contributed by atoms with van der Waals surface area (Å²) in [6, 6.07) is 11.5. The van der Waals surface area contributed by atoms with Crippen LogP contribution in [-0.2, 0) is 6.54 Å². The van der Waals surface area contributed by atoms with Crippen LogP contribution in [0.2, 0.25) is 0 Å². The van der Waals surface area contributed by atoms with Gasteiger partial charge >= 0.3 is 0 Å². The van der Waals surface area contributed by atoms with Crippen LogP contribution in [0.25, 0.3) is 0 Å². The molecular formula is C18H22BrN3. The number of rotatable bonds is 4. The molecule has 1 fully saturated rings. The van der Waals surface area contributed by atoms with Crippen LogP contribution in [0.1, 0.15) is 24.0 Å². The van der Waals surface area contributed by atoms with Gasteiger partial charge in [0.05, 0.1) is 11.9 Å². The smallest absolute Gasteiger partial charge is 0.0540 e. The Morgan fingerprint density at radius 3 is 2.77 bits per heavy atom. The Bertz CT molecular complexity index is 566. The third-order valence-corrected chi connectivity index (χ3v) is 4.59. The molecule has 0 atom stereocenters. The number of piperidine rings is 1. The summed E-state index contributed by atoms with van der Waals surface area (Å²) < 4.78 is 1.02. The predicted molar refractivity (Wildman–Crippen MR) is 95.0 cm³/mol. The molecule has 1 N–H and O–H groups in total. The number of aromatic nitrogens is 1. The van der Waals surface area contributed by atoms with Gasteiger partial charge in [0, 0.05) is 36.3 Å². The second-order valence-electron chi connectivity index (χ2n) is 6.08. The fourth-order valence-corrected chi connectivity index (χ4v) is 3.40. The number of anilines is 1. The standard InChI is InChI=1S/C18H22BrN3/c1-14-3-2-4-15(9-14)13-22-7-5-17(6-8-22)21-18-10-16(19)11-20-12-18/h2-4,9-12,17,21H,5-8,13H2,1H3. The van der Waals surface area contributed by atoms with Gasteiger partial charge in [-0.2, -0.15) is 0 Å². The Morgan fingerprint density at radius 2 is 2.05 bits per heavy atom. The lowest BCUT2D eigenvalue weighted by Gasteiger charge is -2.32. The first-order chi connectivity index (χ1) is 10.7. The quantitative estimate of drug-likeness (QED) is 0.885. The van der Waals surface area contributed by atoms with Gasteiger partial charge in [-0.25, -0.2) is 0 Å². The molecule has 3 nitrogen and oxygen atoms in total. The van der Waals surface area contributed by atoms with Gasteiger partial charge in [0.25, 0.3) is 0 Å². The van der Waals surface area contributed by atoms with Crippen LogP contribution in [0.5, 0.6) is 0 Å². The van der Waals surface area contributed by atoms with Crippen molar-refractivity contribution >= 4 is 21.6 Å². The van der Waals surface area contributed by atoms with Gasteiger partial charge in [-0.05, 0) is 47.3 Å². The zero-order chi connectivity index (χ0) is 15.4. The Morgan fingerprint density at radius 1 is 1.23 bits per heavy atom. The first-order valence-electron chi connectivity index (χ1n) is 7.84. The fourth-order valence-electron chi connectivity index (χ4n) is 3.03. The van der Waals surface area contributed by atoms with E-state index in [1.165, 1.54) is 24.0 Å². The van der Waals surface area contributed by atoms with Gasteiger partial charge in [0.1, 0.15) is 0 Å². The molecule has 0 amide bonds. The van der Waals surface area contributed by atoms with E-state index in [1.54, 1.807) is 0 Å². The van der Waals surface area contributed by atoms with E-state index in [-0.39, 0.29) is 0 Å². The van der Waals surface area contributed by atoms with Crippen LogP contribution < -0.4 is 5.32 Å². The minimum atomic E-state index is 0.546. The molecule has 0 unspecified atom stereocenters. The van der Waals surface area contributed by atoms with Gasteiger partial charge in [-0.15, -0.1) is 0 Å². The summed E-state index contributed by atoms with van der Waals surface area (Å²) in [6.07, 6.45) is 6.07. The number of benzene rings is 1. The molecule has 1 saturated heterocycles. The molecule has 1 aromatic carbocycles. The number of nitrogens with zero attached hydrogens (tertiary/aromatic N) is 2. The fraction of sp³-hybridized carbons (Fsp3) is 0.389. The summed E-state index contributed by atoms with van der Waals surface area (Å²) in [4.78, 5) is 6.76. The molecule has 0 bridgehead atoms. The van der Waals surface area contributed by atoms with Crippen LogP contribution >= 0.6 is 15.9 Å². The monoisotopic (exact) mass is 359 g/mol. The van der Waals surface area contributed by atoms with E-state index in [2.05, 4.69) is 68.4 Å². The highest BCUT2D eigenvalue weighted by Crippen LogP contribution is 2.20. The highest BCUT2D eigenvalue weighted by molar-refractivity contribution is 9.10. The van der Waals surface area contributed by atoms with Crippen LogP contribution in [-0.4, -0.2) is 29.0 Å². The first-order valence-corrected chi connectivity index (χ1v) is 8.63. The Hall–Kier alpha value is -1.39. The molecule has 4 heteroatoms. The number of hydrogen-bond donors (Lipinski definition) is 1. The summed E-state index contributed by atoms with van der Waals surface area (Å²) >= 11 is 3.47. The molecule has 0 saturated carbocycles. The van der Waals surface area contributed by atoms with Crippen molar-refractivity contribution in [3.8, 4) is 0 Å². The molecule has 0 spiro atoms. The first kappa shape index (κ1) is 15.5.